The van der Waals surface area contributed by atoms with Gasteiger partial charge in [0, 0.05) is 44.3 Å². The van der Waals surface area contributed by atoms with E-state index >= 15 is 0 Å². The lowest BCUT2D eigenvalue weighted by molar-refractivity contribution is -0.199. The molecule has 0 radical (unpaired) electrons. The lowest BCUT2D eigenvalue weighted by Gasteiger charge is -2.38. The zero-order chi connectivity index (χ0) is 36.7. The van der Waals surface area contributed by atoms with Crippen LogP contribution in [0, 0.1) is 13.8 Å². The molecule has 0 atom stereocenters. The van der Waals surface area contributed by atoms with Crippen molar-refractivity contribution in [1.29, 1.82) is 0 Å². The van der Waals surface area contributed by atoms with E-state index in [1.165, 1.54) is 16.5 Å². The molecule has 51 heavy (non-hydrogen) atoms. The van der Waals surface area contributed by atoms with Gasteiger partial charge in [-0.25, -0.2) is 9.59 Å². The molecular weight excluding hydrogens is 682 g/mol. The molecule has 2 aromatic carbocycles. The van der Waals surface area contributed by atoms with E-state index in [0.717, 1.165) is 48.9 Å². The summed E-state index contributed by atoms with van der Waals surface area (Å²) < 4.78 is 86.3. The molecule has 1 amide bonds. The fourth-order valence-electron chi connectivity index (χ4n) is 7.98. The zero-order valence-corrected chi connectivity index (χ0v) is 28.4. The van der Waals surface area contributed by atoms with Crippen LogP contribution in [0.15, 0.2) is 36.4 Å². The molecule has 0 unspecified atom stereocenters. The molecular formula is C36H40F6N4O5. The van der Waals surface area contributed by atoms with E-state index in [1.807, 2.05) is 36.9 Å². The van der Waals surface area contributed by atoms with Gasteiger partial charge < -0.3 is 14.5 Å². The highest BCUT2D eigenvalue weighted by atomic mass is 19.4. The van der Waals surface area contributed by atoms with E-state index in [9.17, 15) is 40.7 Å². The van der Waals surface area contributed by atoms with Crippen LogP contribution in [-0.2, 0) is 16.1 Å². The first kappa shape index (κ1) is 36.7. The Morgan fingerprint density at radius 3 is 1.94 bits per heavy atom. The van der Waals surface area contributed by atoms with Crippen LogP contribution in [-0.4, -0.2) is 94.9 Å². The summed E-state index contributed by atoms with van der Waals surface area (Å²) >= 11 is 0. The molecule has 1 saturated carbocycles. The van der Waals surface area contributed by atoms with Crippen LogP contribution in [0.25, 0.3) is 10.9 Å². The average Bonchev–Trinajstić information content (AvgIpc) is 3.72. The average molecular weight is 723 g/mol. The number of benzene rings is 2. The molecule has 2 saturated heterocycles. The van der Waals surface area contributed by atoms with E-state index in [1.54, 1.807) is 0 Å². The van der Waals surface area contributed by atoms with E-state index in [0.29, 0.717) is 49.8 Å². The maximum Gasteiger partial charge on any atom is 0.493 e. The topological polar surface area (TPSA) is 84.3 Å². The standard InChI is InChI=1S/C36H40F6N4O5/c1-22-7-5-8-23(2)29(22)24-13-15-43(16-14-24)21-26-30-27(11-6-12-28(30)50-33(48)35(37,38)39)46(51-34(49)36(40,41)42)31(26)32(47)45-19-17-44(18-20-45)25-9-3-4-10-25/h5-8,11-12,24-25H,3-4,9-10,13-21H2,1-2H3. The maximum atomic E-state index is 14.4. The number of esters is 1. The van der Waals surface area contributed by atoms with Gasteiger partial charge in [-0.1, -0.05) is 37.1 Å². The summed E-state index contributed by atoms with van der Waals surface area (Å²) in [6.45, 7) is 6.49. The second-order valence-corrected chi connectivity index (χ2v) is 13.7. The summed E-state index contributed by atoms with van der Waals surface area (Å²) in [5.41, 5.74) is 2.78. The van der Waals surface area contributed by atoms with Gasteiger partial charge in [0.2, 0.25) is 0 Å². The number of nitrogens with zero attached hydrogens (tertiary/aromatic N) is 4. The predicted molar refractivity (Wildman–Crippen MR) is 174 cm³/mol. The summed E-state index contributed by atoms with van der Waals surface area (Å²) in [6.07, 6.45) is -5.13. The SMILES string of the molecule is Cc1cccc(C)c1C1CCN(Cc2c(C(=O)N3CCN(C4CCCC4)CC3)n(OC(=O)C(F)(F)F)c3cccc(OC(=O)C(F)(F)F)c23)CC1. The van der Waals surface area contributed by atoms with Gasteiger partial charge in [0.25, 0.3) is 5.91 Å². The molecule has 0 N–H and O–H groups in total. The minimum atomic E-state index is -5.46. The Labute approximate surface area is 291 Å². The number of aromatic nitrogens is 1. The largest absolute Gasteiger partial charge is 0.493 e. The van der Waals surface area contributed by atoms with E-state index in [2.05, 4.69) is 4.90 Å². The number of ether oxygens (including phenoxy) is 1. The Hall–Kier alpha value is -4.11. The minimum Gasteiger partial charge on any atom is -0.419 e. The van der Waals surface area contributed by atoms with Crippen LogP contribution in [0.5, 0.6) is 5.75 Å². The number of hydrogen-bond acceptors (Lipinski definition) is 7. The lowest BCUT2D eigenvalue weighted by atomic mass is 9.84. The third-order valence-electron chi connectivity index (χ3n) is 10.4. The Bertz CT molecular complexity index is 1760. The summed E-state index contributed by atoms with van der Waals surface area (Å²) in [4.78, 5) is 49.3. The van der Waals surface area contributed by atoms with Crippen LogP contribution in [0.3, 0.4) is 0 Å². The number of aryl methyl sites for hydroxylation is 2. The number of carbonyl (C=O) groups is 3. The first-order valence-electron chi connectivity index (χ1n) is 17.2. The van der Waals surface area contributed by atoms with Gasteiger partial charge in [0.1, 0.15) is 5.75 Å². The first-order valence-corrected chi connectivity index (χ1v) is 17.2. The van der Waals surface area contributed by atoms with Gasteiger partial charge in [-0.05, 0) is 87.4 Å². The summed E-state index contributed by atoms with van der Waals surface area (Å²) in [7, 11) is 0. The van der Waals surface area contributed by atoms with Crippen LogP contribution < -0.4 is 9.57 Å². The van der Waals surface area contributed by atoms with Crippen LogP contribution in [0.1, 0.15) is 77.2 Å². The highest BCUT2D eigenvalue weighted by molar-refractivity contribution is 6.04. The molecule has 1 aromatic heterocycles. The summed E-state index contributed by atoms with van der Waals surface area (Å²) in [6, 6.07) is 9.87. The molecule has 0 bridgehead atoms. The normalized spacial score (nSPS) is 18.8. The van der Waals surface area contributed by atoms with Gasteiger partial charge >= 0.3 is 24.3 Å². The molecule has 0 spiro atoms. The van der Waals surface area contributed by atoms with Gasteiger partial charge in [0.05, 0.1) is 10.9 Å². The Balaban J connectivity index is 1.40. The number of fused-ring (bicyclic) bond motifs is 1. The quantitative estimate of drug-likeness (QED) is 0.160. The molecule has 1 aliphatic carbocycles. The zero-order valence-electron chi connectivity index (χ0n) is 28.4. The monoisotopic (exact) mass is 722 g/mol. The molecule has 3 aromatic rings. The molecule has 3 heterocycles. The molecule has 9 nitrogen and oxygen atoms in total. The molecule has 6 rings (SSSR count). The molecule has 3 aliphatic rings. The van der Waals surface area contributed by atoms with Crippen molar-refractivity contribution in [3.05, 3.63) is 64.3 Å². The van der Waals surface area contributed by atoms with Crippen LogP contribution in [0.2, 0.25) is 0 Å². The number of likely N-dealkylation sites (tertiary alicyclic amines) is 1. The number of piperidine rings is 1. The van der Waals surface area contributed by atoms with Crippen molar-refractivity contribution >= 4 is 28.7 Å². The molecule has 3 fully saturated rings. The van der Waals surface area contributed by atoms with Crippen molar-refractivity contribution < 1.29 is 50.3 Å². The Kier molecular flexibility index (Phi) is 10.4. The van der Waals surface area contributed by atoms with E-state index in [-0.39, 0.29) is 42.0 Å². The van der Waals surface area contributed by atoms with Gasteiger partial charge in [0.15, 0.2) is 5.69 Å². The van der Waals surface area contributed by atoms with Crippen molar-refractivity contribution in [3.8, 4) is 5.75 Å². The van der Waals surface area contributed by atoms with Gasteiger partial charge in [-0.15, -0.1) is 0 Å². The number of rotatable bonds is 7. The summed E-state index contributed by atoms with van der Waals surface area (Å²) in [5.74, 6) is -6.33. The third-order valence-corrected chi connectivity index (χ3v) is 10.4. The first-order chi connectivity index (χ1) is 24.1. The van der Waals surface area contributed by atoms with Crippen molar-refractivity contribution in [2.75, 3.05) is 39.3 Å². The lowest BCUT2D eigenvalue weighted by Crippen LogP contribution is -2.52. The highest BCUT2D eigenvalue weighted by Gasteiger charge is 2.45. The minimum absolute atomic E-state index is 0.000654. The van der Waals surface area contributed by atoms with Gasteiger partial charge in [-0.2, -0.15) is 31.1 Å². The Morgan fingerprint density at radius 1 is 0.765 bits per heavy atom. The predicted octanol–water partition coefficient (Wildman–Crippen LogP) is 6.32. The second-order valence-electron chi connectivity index (χ2n) is 13.7. The molecule has 15 heteroatoms. The number of carbonyl (C=O) groups excluding carboxylic acids is 3. The third kappa shape index (κ3) is 7.74. The molecule has 2 aliphatic heterocycles. The second kappa shape index (κ2) is 14.5. The molecule has 276 valence electrons. The highest BCUT2D eigenvalue weighted by Crippen LogP contribution is 2.39. The number of alkyl halides is 6. The van der Waals surface area contributed by atoms with Crippen LogP contribution in [0.4, 0.5) is 26.3 Å². The number of amides is 1. The van der Waals surface area contributed by atoms with Crippen molar-refractivity contribution in [2.24, 2.45) is 0 Å². The summed E-state index contributed by atoms with van der Waals surface area (Å²) in [5, 5.41) is -0.227. The smallest absolute Gasteiger partial charge is 0.419 e. The van der Waals surface area contributed by atoms with Crippen LogP contribution >= 0.6 is 0 Å². The van der Waals surface area contributed by atoms with E-state index in [4.69, 9.17) is 9.57 Å². The van der Waals surface area contributed by atoms with E-state index < -0.39 is 41.6 Å². The maximum absolute atomic E-state index is 14.4. The van der Waals surface area contributed by atoms with Gasteiger partial charge in [-0.3, -0.25) is 14.6 Å². The number of halogens is 6. The fourth-order valence-corrected chi connectivity index (χ4v) is 7.98. The number of hydrogen-bond donors (Lipinski definition) is 0. The van der Waals surface area contributed by atoms with Crippen molar-refractivity contribution in [2.45, 2.75) is 83.2 Å². The fraction of sp³-hybridized carbons (Fsp3) is 0.528. The Morgan fingerprint density at radius 2 is 1.35 bits per heavy atom. The van der Waals surface area contributed by atoms with Crippen molar-refractivity contribution in [3.63, 3.8) is 0 Å². The number of piperazine rings is 1. The van der Waals surface area contributed by atoms with Crippen molar-refractivity contribution in [1.82, 2.24) is 19.4 Å².